The number of nitro groups is 1. The van der Waals surface area contributed by atoms with Crippen molar-refractivity contribution in [3.8, 4) is 0 Å². The van der Waals surface area contributed by atoms with Crippen LogP contribution >= 0.6 is 0 Å². The molecule has 1 rings (SSSR count). The number of hydrogen-bond donors (Lipinski definition) is 0. The Hall–Kier alpha value is -1.37. The van der Waals surface area contributed by atoms with E-state index in [-0.39, 0.29) is 6.02 Å². The number of ether oxygens (including phenoxy) is 2. The second-order valence-electron chi connectivity index (χ2n) is 3.59. The number of methoxy groups -OCH3 is 1. The molecule has 0 aromatic heterocycles. The van der Waals surface area contributed by atoms with Gasteiger partial charge in [0.25, 0.3) is 0 Å². The van der Waals surface area contributed by atoms with Crippen LogP contribution in [0.3, 0.4) is 0 Å². The third-order valence-corrected chi connectivity index (χ3v) is 2.50. The first-order valence-corrected chi connectivity index (χ1v) is 5.27. The minimum absolute atomic E-state index is 0.0550. The normalized spacial score (nSPS) is 20.9. The molecule has 1 aliphatic heterocycles. The Morgan fingerprint density at radius 2 is 2.50 bits per heavy atom. The Balaban J connectivity index is 2.59. The highest BCUT2D eigenvalue weighted by atomic mass is 16.7. The van der Waals surface area contributed by atoms with Crippen molar-refractivity contribution in [3.05, 3.63) is 10.1 Å². The summed E-state index contributed by atoms with van der Waals surface area (Å²) in [6, 6.07) is 0.0550. The lowest BCUT2D eigenvalue weighted by molar-refractivity contribution is -0.487. The zero-order valence-corrected chi connectivity index (χ0v) is 9.59. The second kappa shape index (κ2) is 6.26. The van der Waals surface area contributed by atoms with Gasteiger partial charge in [0, 0.05) is 25.6 Å². The van der Waals surface area contributed by atoms with Gasteiger partial charge in [-0.2, -0.15) is 0 Å². The molecule has 1 saturated heterocycles. The van der Waals surface area contributed by atoms with Gasteiger partial charge < -0.3 is 14.4 Å². The van der Waals surface area contributed by atoms with Gasteiger partial charge in [0.05, 0.1) is 13.7 Å². The molecule has 1 fully saturated rings. The fourth-order valence-corrected chi connectivity index (χ4v) is 1.68. The molecule has 92 valence electrons. The summed E-state index contributed by atoms with van der Waals surface area (Å²) in [5.74, 6) is 0.395. The van der Waals surface area contributed by atoms with E-state index in [4.69, 9.17) is 9.47 Å². The van der Waals surface area contributed by atoms with Crippen molar-refractivity contribution in [2.24, 2.45) is 11.0 Å². The van der Waals surface area contributed by atoms with E-state index in [1.165, 1.54) is 7.11 Å². The fraction of sp³-hybridized carbons (Fsp3) is 0.889. The monoisotopic (exact) mass is 231 g/mol. The highest BCUT2D eigenvalue weighted by Crippen LogP contribution is 2.14. The molecule has 0 saturated carbocycles. The summed E-state index contributed by atoms with van der Waals surface area (Å²) in [7, 11) is 1.39. The highest BCUT2D eigenvalue weighted by molar-refractivity contribution is 5.72. The van der Waals surface area contributed by atoms with E-state index in [9.17, 15) is 10.1 Å². The quantitative estimate of drug-likeness (QED) is 0.305. The van der Waals surface area contributed by atoms with Crippen LogP contribution in [0.1, 0.15) is 13.3 Å². The molecule has 0 aliphatic carbocycles. The summed E-state index contributed by atoms with van der Waals surface area (Å²) < 4.78 is 10.2. The summed E-state index contributed by atoms with van der Waals surface area (Å²) in [5, 5.41) is 12.8. The molecule has 0 aromatic rings. The third-order valence-electron chi connectivity index (χ3n) is 2.50. The van der Waals surface area contributed by atoms with Crippen LogP contribution in [0.2, 0.25) is 0 Å². The molecule has 7 heteroatoms. The van der Waals surface area contributed by atoms with Crippen LogP contribution in [0.4, 0.5) is 0 Å². The molecule has 0 bridgehead atoms. The van der Waals surface area contributed by atoms with Gasteiger partial charge in [-0.05, 0) is 13.3 Å². The Bertz CT molecular complexity index is 263. The van der Waals surface area contributed by atoms with Crippen LogP contribution < -0.4 is 0 Å². The van der Waals surface area contributed by atoms with Crippen LogP contribution in [-0.4, -0.2) is 49.4 Å². The predicted molar refractivity (Wildman–Crippen MR) is 57.6 cm³/mol. The van der Waals surface area contributed by atoms with Crippen molar-refractivity contribution in [2.75, 3.05) is 33.4 Å². The van der Waals surface area contributed by atoms with Crippen molar-refractivity contribution in [1.29, 1.82) is 0 Å². The van der Waals surface area contributed by atoms with E-state index in [0.717, 1.165) is 13.0 Å². The SMILES string of the molecule is CCN(CC1CCOC1)C(=N[N+](=O)[O-])OC. The number of hydrogen-bond acceptors (Lipinski definition) is 4. The van der Waals surface area contributed by atoms with Crippen molar-refractivity contribution >= 4 is 6.02 Å². The van der Waals surface area contributed by atoms with Gasteiger partial charge in [-0.3, -0.25) is 0 Å². The van der Waals surface area contributed by atoms with Crippen LogP contribution in [0, 0.1) is 16.0 Å². The van der Waals surface area contributed by atoms with E-state index >= 15 is 0 Å². The molecular weight excluding hydrogens is 214 g/mol. The fourth-order valence-electron chi connectivity index (χ4n) is 1.68. The van der Waals surface area contributed by atoms with Gasteiger partial charge in [0.2, 0.25) is 0 Å². The second-order valence-corrected chi connectivity index (χ2v) is 3.59. The van der Waals surface area contributed by atoms with Gasteiger partial charge >= 0.3 is 6.02 Å². The first kappa shape index (κ1) is 12.7. The van der Waals surface area contributed by atoms with Gasteiger partial charge in [-0.25, -0.2) is 10.1 Å². The number of amidine groups is 1. The van der Waals surface area contributed by atoms with Crippen molar-refractivity contribution in [1.82, 2.24) is 4.90 Å². The maximum Gasteiger partial charge on any atom is 0.361 e. The molecule has 0 amide bonds. The molecule has 1 aliphatic rings. The summed E-state index contributed by atoms with van der Waals surface area (Å²) >= 11 is 0. The molecule has 0 aromatic carbocycles. The van der Waals surface area contributed by atoms with Gasteiger partial charge in [-0.15, -0.1) is 0 Å². The zero-order valence-electron chi connectivity index (χ0n) is 9.59. The molecule has 16 heavy (non-hydrogen) atoms. The third kappa shape index (κ3) is 3.65. The standard InChI is InChI=1S/C9H17N3O4/c1-3-11(6-8-4-5-16-7-8)9(15-2)10-12(13)14/h8H,3-7H2,1-2H3. The van der Waals surface area contributed by atoms with Gasteiger partial charge in [0.15, 0.2) is 5.03 Å². The number of rotatable bonds is 4. The summed E-state index contributed by atoms with van der Waals surface area (Å²) in [6.07, 6.45) is 0.978. The van der Waals surface area contributed by atoms with Crippen LogP contribution in [0.5, 0.6) is 0 Å². The Morgan fingerprint density at radius 1 is 1.75 bits per heavy atom. The van der Waals surface area contributed by atoms with Crippen LogP contribution in [-0.2, 0) is 9.47 Å². The smallest absolute Gasteiger partial charge is 0.361 e. The molecule has 0 N–H and O–H groups in total. The maximum atomic E-state index is 10.3. The summed E-state index contributed by atoms with van der Waals surface area (Å²) in [5.41, 5.74) is 0. The van der Waals surface area contributed by atoms with Gasteiger partial charge in [-0.1, -0.05) is 0 Å². The van der Waals surface area contributed by atoms with Crippen molar-refractivity contribution < 1.29 is 14.5 Å². The predicted octanol–water partition coefficient (Wildman–Crippen LogP) is 0.539. The van der Waals surface area contributed by atoms with Crippen molar-refractivity contribution in [2.45, 2.75) is 13.3 Å². The highest BCUT2D eigenvalue weighted by Gasteiger charge is 2.22. The molecule has 0 spiro atoms. The minimum Gasteiger partial charge on any atom is -0.464 e. The first-order chi connectivity index (χ1) is 7.67. The Kier molecular flexibility index (Phi) is 4.97. The van der Waals surface area contributed by atoms with E-state index in [2.05, 4.69) is 5.10 Å². The zero-order chi connectivity index (χ0) is 12.0. The maximum absolute atomic E-state index is 10.3. The molecule has 1 unspecified atom stereocenters. The average Bonchev–Trinajstić information content (AvgIpc) is 2.75. The number of hydrazone groups is 1. The summed E-state index contributed by atoms with van der Waals surface area (Å²) in [4.78, 5) is 12.1. The van der Waals surface area contributed by atoms with E-state index < -0.39 is 5.03 Å². The van der Waals surface area contributed by atoms with Crippen molar-refractivity contribution in [3.63, 3.8) is 0 Å². The van der Waals surface area contributed by atoms with E-state index in [1.807, 2.05) is 6.92 Å². The van der Waals surface area contributed by atoms with E-state index in [1.54, 1.807) is 4.90 Å². The molecule has 7 nitrogen and oxygen atoms in total. The molecule has 1 atom stereocenters. The number of nitrogens with zero attached hydrogens (tertiary/aromatic N) is 3. The molecule has 0 radical (unpaired) electrons. The minimum atomic E-state index is -0.743. The Labute approximate surface area is 94.2 Å². The lowest BCUT2D eigenvalue weighted by atomic mass is 10.1. The van der Waals surface area contributed by atoms with Gasteiger partial charge in [0.1, 0.15) is 5.10 Å². The Morgan fingerprint density at radius 3 is 2.94 bits per heavy atom. The molecular formula is C9H17N3O4. The lowest BCUT2D eigenvalue weighted by Gasteiger charge is -2.23. The first-order valence-electron chi connectivity index (χ1n) is 5.27. The lowest BCUT2D eigenvalue weighted by Crippen LogP contribution is -2.37. The largest absolute Gasteiger partial charge is 0.464 e. The average molecular weight is 231 g/mol. The summed E-state index contributed by atoms with van der Waals surface area (Å²) in [6.45, 7) is 4.67. The van der Waals surface area contributed by atoms with E-state index in [0.29, 0.717) is 25.6 Å². The van der Waals surface area contributed by atoms with Crippen LogP contribution in [0.25, 0.3) is 0 Å². The topological polar surface area (TPSA) is 77.2 Å². The van der Waals surface area contributed by atoms with Crippen LogP contribution in [0.15, 0.2) is 5.10 Å². The molecule has 1 heterocycles.